The van der Waals surface area contributed by atoms with E-state index >= 15 is 0 Å². The fourth-order valence-electron chi connectivity index (χ4n) is 3.95. The van der Waals surface area contributed by atoms with E-state index in [2.05, 4.69) is 35.4 Å². The Morgan fingerprint density at radius 1 is 0.882 bits per heavy atom. The van der Waals surface area contributed by atoms with Gasteiger partial charge in [-0.15, -0.1) is 0 Å². The zero-order chi connectivity index (χ0) is 24.3. The second kappa shape index (κ2) is 9.50. The summed E-state index contributed by atoms with van der Waals surface area (Å²) in [5, 5.41) is 5.02. The van der Waals surface area contributed by atoms with Crippen LogP contribution in [0, 0.1) is 11.8 Å². The Hall–Kier alpha value is -3.33. The van der Waals surface area contributed by atoms with E-state index in [4.69, 9.17) is 9.31 Å². The Kier molecular flexibility index (Phi) is 6.66. The van der Waals surface area contributed by atoms with E-state index in [-0.39, 0.29) is 5.91 Å². The number of hydrogen-bond donors (Lipinski definition) is 1. The van der Waals surface area contributed by atoms with E-state index < -0.39 is 18.3 Å². The van der Waals surface area contributed by atoms with Crippen molar-refractivity contribution in [1.29, 1.82) is 0 Å². The van der Waals surface area contributed by atoms with Gasteiger partial charge in [0.1, 0.15) is 0 Å². The average Bonchev–Trinajstić information content (AvgIpc) is 3.03. The van der Waals surface area contributed by atoms with Crippen LogP contribution in [0.25, 0.3) is 16.2 Å². The minimum absolute atomic E-state index is 0.247. The monoisotopic (exact) mass is 451 g/mol. The molecule has 1 aliphatic heterocycles. The molecule has 4 rings (SSSR count). The maximum atomic E-state index is 13.4. The second-order valence-corrected chi connectivity index (χ2v) is 9.38. The van der Waals surface area contributed by atoms with E-state index in [1.165, 1.54) is 0 Å². The Morgan fingerprint density at radius 2 is 1.50 bits per heavy atom. The number of carbonyl (C=O) groups is 1. The van der Waals surface area contributed by atoms with Crippen molar-refractivity contribution in [1.82, 2.24) is 5.32 Å². The lowest BCUT2D eigenvalue weighted by Gasteiger charge is -2.32. The minimum Gasteiger partial charge on any atom is -0.399 e. The number of carbonyl (C=O) groups excluding carboxylic acids is 1. The van der Waals surface area contributed by atoms with E-state index in [9.17, 15) is 4.79 Å². The highest BCUT2D eigenvalue weighted by atomic mass is 16.7. The summed E-state index contributed by atoms with van der Waals surface area (Å²) in [4.78, 5) is 13.4. The average molecular weight is 451 g/mol. The highest BCUT2D eigenvalue weighted by Crippen LogP contribution is 2.42. The third-order valence-corrected chi connectivity index (χ3v) is 6.51. The number of benzene rings is 3. The molecule has 0 spiro atoms. The summed E-state index contributed by atoms with van der Waals surface area (Å²) < 4.78 is 12.9. The topological polar surface area (TPSA) is 47.6 Å². The van der Waals surface area contributed by atoms with Gasteiger partial charge in [-0.2, -0.15) is 0 Å². The zero-order valence-corrected chi connectivity index (χ0v) is 20.4. The quantitative estimate of drug-likeness (QED) is 0.328. The number of fused-ring (bicyclic) bond motifs is 1. The first-order chi connectivity index (χ1) is 16.2. The standard InChI is InChI=1S/C29H30BNO3/c1-6-31-27(32)25(20-19-21-13-8-7-9-14-21)26(30-33-28(2,3)29(4,5)34-30)24-18-12-16-22-15-10-11-17-23(22)24/h7-18H,6H2,1-5H3,(H,31,32)/b26-25-. The Balaban J connectivity index is 2.01. The van der Waals surface area contributed by atoms with Crippen LogP contribution in [0.3, 0.4) is 0 Å². The van der Waals surface area contributed by atoms with Gasteiger partial charge < -0.3 is 14.6 Å². The molecule has 4 nitrogen and oxygen atoms in total. The molecule has 1 aliphatic rings. The molecule has 1 heterocycles. The molecule has 0 aromatic heterocycles. The van der Waals surface area contributed by atoms with Crippen LogP contribution in [0.2, 0.25) is 0 Å². The smallest absolute Gasteiger partial charge is 0.399 e. The van der Waals surface area contributed by atoms with Crippen molar-refractivity contribution in [3.05, 3.63) is 89.5 Å². The number of amides is 1. The molecule has 5 heteroatoms. The maximum absolute atomic E-state index is 13.4. The van der Waals surface area contributed by atoms with Gasteiger partial charge in [0, 0.05) is 17.6 Å². The van der Waals surface area contributed by atoms with E-state index in [0.717, 1.165) is 21.9 Å². The van der Waals surface area contributed by atoms with Gasteiger partial charge in [-0.1, -0.05) is 72.5 Å². The van der Waals surface area contributed by atoms with Crippen LogP contribution in [-0.2, 0) is 14.1 Å². The molecule has 1 amide bonds. The highest BCUT2D eigenvalue weighted by molar-refractivity contribution is 6.71. The molecule has 1 N–H and O–H groups in total. The summed E-state index contributed by atoms with van der Waals surface area (Å²) in [5.41, 5.74) is 1.57. The molecule has 0 radical (unpaired) electrons. The first kappa shape index (κ1) is 23.8. The number of nitrogens with one attached hydrogen (secondary N) is 1. The zero-order valence-electron chi connectivity index (χ0n) is 20.4. The number of likely N-dealkylation sites (N-methyl/N-ethyl adjacent to an activating group) is 1. The van der Waals surface area contributed by atoms with Crippen LogP contribution in [0.15, 0.2) is 78.4 Å². The molecule has 0 saturated carbocycles. The lowest BCUT2D eigenvalue weighted by atomic mass is 9.70. The molecule has 1 saturated heterocycles. The van der Waals surface area contributed by atoms with Gasteiger partial charge in [0.15, 0.2) is 0 Å². The first-order valence-electron chi connectivity index (χ1n) is 11.7. The summed E-state index contributed by atoms with van der Waals surface area (Å²) >= 11 is 0. The van der Waals surface area contributed by atoms with Crippen LogP contribution in [-0.4, -0.2) is 30.8 Å². The lowest BCUT2D eigenvalue weighted by Crippen LogP contribution is -2.41. The van der Waals surface area contributed by atoms with Crippen molar-refractivity contribution in [2.45, 2.75) is 45.8 Å². The van der Waals surface area contributed by atoms with Crippen LogP contribution < -0.4 is 5.32 Å². The molecular formula is C29H30BNO3. The fourth-order valence-corrected chi connectivity index (χ4v) is 3.95. The van der Waals surface area contributed by atoms with Crippen molar-refractivity contribution in [2.24, 2.45) is 0 Å². The second-order valence-electron chi connectivity index (χ2n) is 9.38. The van der Waals surface area contributed by atoms with E-state index in [1.54, 1.807) is 0 Å². The Morgan fingerprint density at radius 3 is 2.18 bits per heavy atom. The third kappa shape index (κ3) is 4.66. The van der Waals surface area contributed by atoms with Crippen LogP contribution in [0.4, 0.5) is 0 Å². The summed E-state index contributed by atoms with van der Waals surface area (Å²) in [6.45, 7) is 10.4. The maximum Gasteiger partial charge on any atom is 0.496 e. The van der Waals surface area contributed by atoms with Crippen molar-refractivity contribution in [2.75, 3.05) is 6.54 Å². The molecular weight excluding hydrogens is 421 g/mol. The number of hydrogen-bond acceptors (Lipinski definition) is 3. The van der Waals surface area contributed by atoms with Gasteiger partial charge in [-0.3, -0.25) is 4.79 Å². The van der Waals surface area contributed by atoms with E-state index in [0.29, 0.717) is 17.6 Å². The summed E-state index contributed by atoms with van der Waals surface area (Å²) in [5.74, 6) is 6.09. The van der Waals surface area contributed by atoms with Crippen LogP contribution in [0.1, 0.15) is 45.7 Å². The molecule has 0 aliphatic carbocycles. The molecule has 1 fully saturated rings. The summed E-state index contributed by atoms with van der Waals surface area (Å²) in [6.07, 6.45) is 0. The van der Waals surface area contributed by atoms with Crippen LogP contribution >= 0.6 is 0 Å². The van der Waals surface area contributed by atoms with Gasteiger partial charge in [0.25, 0.3) is 5.91 Å². The van der Waals surface area contributed by atoms with Crippen LogP contribution in [0.5, 0.6) is 0 Å². The fraction of sp³-hybridized carbons (Fsp3) is 0.276. The predicted molar refractivity (Wildman–Crippen MR) is 139 cm³/mol. The van der Waals surface area contributed by atoms with Crippen molar-refractivity contribution < 1.29 is 14.1 Å². The molecule has 172 valence electrons. The lowest BCUT2D eigenvalue weighted by molar-refractivity contribution is -0.116. The van der Waals surface area contributed by atoms with Gasteiger partial charge in [-0.05, 0) is 63.1 Å². The normalized spacial score (nSPS) is 17.0. The molecule has 0 unspecified atom stereocenters. The minimum atomic E-state index is -0.751. The molecule has 0 atom stereocenters. The summed E-state index contributed by atoms with van der Waals surface area (Å²) in [6, 6.07) is 23.8. The third-order valence-electron chi connectivity index (χ3n) is 6.51. The first-order valence-corrected chi connectivity index (χ1v) is 11.7. The Bertz CT molecular complexity index is 1280. The summed E-state index contributed by atoms with van der Waals surface area (Å²) in [7, 11) is -0.751. The van der Waals surface area contributed by atoms with Crippen molar-refractivity contribution >= 4 is 29.3 Å². The predicted octanol–water partition coefficient (Wildman–Crippen LogP) is 5.41. The van der Waals surface area contributed by atoms with Gasteiger partial charge in [0.2, 0.25) is 0 Å². The number of rotatable bonds is 4. The Labute approximate surface area is 202 Å². The molecule has 0 bridgehead atoms. The van der Waals surface area contributed by atoms with E-state index in [1.807, 2.05) is 89.2 Å². The largest absolute Gasteiger partial charge is 0.496 e. The highest BCUT2D eigenvalue weighted by Gasteiger charge is 2.53. The van der Waals surface area contributed by atoms with Gasteiger partial charge in [0.05, 0.1) is 16.8 Å². The molecule has 3 aromatic rings. The molecule has 3 aromatic carbocycles. The van der Waals surface area contributed by atoms with Crippen molar-refractivity contribution in [3.63, 3.8) is 0 Å². The SMILES string of the molecule is CCNC(=O)/C(C#Cc1ccccc1)=C(\B1OC(C)(C)C(C)(C)O1)c1cccc2ccccc12. The van der Waals surface area contributed by atoms with Gasteiger partial charge in [-0.25, -0.2) is 0 Å². The van der Waals surface area contributed by atoms with Crippen molar-refractivity contribution in [3.8, 4) is 11.8 Å². The van der Waals surface area contributed by atoms with Gasteiger partial charge >= 0.3 is 7.12 Å². The molecule has 34 heavy (non-hydrogen) atoms.